The van der Waals surface area contributed by atoms with Crippen LogP contribution in [0.15, 0.2) is 23.1 Å². The number of rotatable bonds is 0. The first kappa shape index (κ1) is 6.60. The van der Waals surface area contributed by atoms with Crippen LogP contribution in [0.4, 0.5) is 5.69 Å². The number of aromatic nitrogens is 3. The minimum absolute atomic E-state index is 0.575. The molecule has 0 bridgehead atoms. The summed E-state index contributed by atoms with van der Waals surface area (Å²) >= 11 is 3.21. The van der Waals surface area contributed by atoms with E-state index in [1.807, 2.05) is 0 Å². The minimum atomic E-state index is 0.575. The Balaban J connectivity index is 2.92. The van der Waals surface area contributed by atoms with E-state index in [9.17, 15) is 0 Å². The Morgan fingerprint density at radius 1 is 1.55 bits per heavy atom. The zero-order chi connectivity index (χ0) is 7.84. The first-order valence-electron chi connectivity index (χ1n) is 3.03. The molecular weight excluding hydrogens is 208 g/mol. The second-order valence-corrected chi connectivity index (χ2v) is 2.84. The number of hydrogen-bond donors (Lipinski definition) is 1. The van der Waals surface area contributed by atoms with Gasteiger partial charge in [-0.3, -0.25) is 0 Å². The van der Waals surface area contributed by atoms with E-state index in [0.29, 0.717) is 15.9 Å². The minimum Gasteiger partial charge on any atom is -0.393 e. The van der Waals surface area contributed by atoms with Crippen LogP contribution in [-0.4, -0.2) is 14.6 Å². The Hall–Kier alpha value is -1.10. The van der Waals surface area contributed by atoms with Gasteiger partial charge in [-0.25, -0.2) is 9.50 Å². The van der Waals surface area contributed by atoms with Crippen LogP contribution in [0.5, 0.6) is 0 Å². The monoisotopic (exact) mass is 212 g/mol. The lowest BCUT2D eigenvalue weighted by Crippen LogP contribution is -1.89. The third kappa shape index (κ3) is 0.883. The predicted molar refractivity (Wildman–Crippen MR) is 45.1 cm³/mol. The van der Waals surface area contributed by atoms with Crippen molar-refractivity contribution >= 4 is 27.3 Å². The van der Waals surface area contributed by atoms with Crippen molar-refractivity contribution in [1.29, 1.82) is 0 Å². The number of halogens is 1. The number of nitrogen functional groups attached to an aromatic ring is 1. The van der Waals surface area contributed by atoms with Crippen LogP contribution in [0.2, 0.25) is 0 Å². The van der Waals surface area contributed by atoms with Crippen LogP contribution < -0.4 is 5.73 Å². The average molecular weight is 213 g/mol. The Morgan fingerprint density at radius 3 is 3.09 bits per heavy atom. The molecule has 2 N–H and O–H groups in total. The summed E-state index contributed by atoms with van der Waals surface area (Å²) in [5.74, 6) is 0. The second kappa shape index (κ2) is 2.20. The lowest BCUT2D eigenvalue weighted by Gasteiger charge is -1.88. The van der Waals surface area contributed by atoms with Crippen molar-refractivity contribution in [2.24, 2.45) is 0 Å². The van der Waals surface area contributed by atoms with Gasteiger partial charge in [0.25, 0.3) is 0 Å². The van der Waals surface area contributed by atoms with Crippen LogP contribution >= 0.6 is 15.9 Å². The van der Waals surface area contributed by atoms with Crippen molar-refractivity contribution in [3.63, 3.8) is 0 Å². The van der Waals surface area contributed by atoms with Gasteiger partial charge in [-0.05, 0) is 22.0 Å². The highest BCUT2D eigenvalue weighted by Crippen LogP contribution is 2.20. The second-order valence-electron chi connectivity index (χ2n) is 2.09. The van der Waals surface area contributed by atoms with Crippen LogP contribution in [0.1, 0.15) is 0 Å². The summed E-state index contributed by atoms with van der Waals surface area (Å²) in [6, 6.07) is 1.80. The summed E-state index contributed by atoms with van der Waals surface area (Å²) in [7, 11) is 0. The fourth-order valence-corrected chi connectivity index (χ4v) is 1.23. The van der Waals surface area contributed by atoms with Crippen molar-refractivity contribution in [3.8, 4) is 0 Å². The molecule has 0 saturated carbocycles. The first-order chi connectivity index (χ1) is 5.29. The largest absolute Gasteiger partial charge is 0.393 e. The Kier molecular flexibility index (Phi) is 1.32. The molecule has 11 heavy (non-hydrogen) atoms. The number of nitrogens with two attached hydrogens (primary N) is 1. The zero-order valence-corrected chi connectivity index (χ0v) is 7.12. The van der Waals surface area contributed by atoms with Gasteiger partial charge in [0.1, 0.15) is 5.69 Å². The smallest absolute Gasteiger partial charge is 0.179 e. The van der Waals surface area contributed by atoms with Crippen molar-refractivity contribution in [3.05, 3.63) is 23.1 Å². The molecule has 4 nitrogen and oxygen atoms in total. The van der Waals surface area contributed by atoms with E-state index in [0.717, 1.165) is 0 Å². The van der Waals surface area contributed by atoms with E-state index in [1.165, 1.54) is 0 Å². The standard InChI is InChI=1S/C6H5BrN4/c7-5-4(8)6-9-2-1-3-11(6)10-5/h1-3H,8H2. The molecule has 2 aromatic rings. The maximum absolute atomic E-state index is 5.65. The van der Waals surface area contributed by atoms with E-state index < -0.39 is 0 Å². The van der Waals surface area contributed by atoms with Gasteiger partial charge in [-0.2, -0.15) is 5.10 Å². The van der Waals surface area contributed by atoms with Crippen LogP contribution in [0.25, 0.3) is 5.65 Å². The third-order valence-electron chi connectivity index (χ3n) is 1.39. The summed E-state index contributed by atoms with van der Waals surface area (Å²) < 4.78 is 2.26. The van der Waals surface area contributed by atoms with Gasteiger partial charge in [0, 0.05) is 12.4 Å². The molecule has 0 amide bonds. The van der Waals surface area contributed by atoms with E-state index in [-0.39, 0.29) is 0 Å². The molecule has 2 rings (SSSR count). The van der Waals surface area contributed by atoms with Crippen LogP contribution in [-0.2, 0) is 0 Å². The predicted octanol–water partition coefficient (Wildman–Crippen LogP) is 1.07. The first-order valence-corrected chi connectivity index (χ1v) is 3.82. The lowest BCUT2D eigenvalue weighted by atomic mass is 10.5. The average Bonchev–Trinajstić information content (AvgIpc) is 2.30. The van der Waals surface area contributed by atoms with E-state index >= 15 is 0 Å². The molecule has 0 radical (unpaired) electrons. The molecule has 0 saturated heterocycles. The summed E-state index contributed by atoms with van der Waals surface area (Å²) in [5, 5.41) is 4.06. The lowest BCUT2D eigenvalue weighted by molar-refractivity contribution is 0.927. The summed E-state index contributed by atoms with van der Waals surface area (Å²) in [5.41, 5.74) is 6.90. The molecule has 0 fully saturated rings. The van der Waals surface area contributed by atoms with Gasteiger partial charge in [0.05, 0.1) is 0 Å². The maximum atomic E-state index is 5.65. The van der Waals surface area contributed by atoms with Crippen molar-refractivity contribution < 1.29 is 0 Å². The van der Waals surface area contributed by atoms with Gasteiger partial charge < -0.3 is 5.73 Å². The summed E-state index contributed by atoms with van der Waals surface area (Å²) in [6.45, 7) is 0. The SMILES string of the molecule is Nc1c(Br)nn2cccnc12. The number of fused-ring (bicyclic) bond motifs is 1. The molecule has 0 atom stereocenters. The van der Waals surface area contributed by atoms with Crippen LogP contribution in [0, 0.1) is 0 Å². The number of anilines is 1. The zero-order valence-electron chi connectivity index (χ0n) is 5.53. The van der Waals surface area contributed by atoms with E-state index in [4.69, 9.17) is 5.73 Å². The third-order valence-corrected chi connectivity index (χ3v) is 1.97. The van der Waals surface area contributed by atoms with Gasteiger partial charge in [-0.1, -0.05) is 0 Å². The van der Waals surface area contributed by atoms with E-state index in [2.05, 4.69) is 26.0 Å². The summed E-state index contributed by atoms with van der Waals surface area (Å²) in [4.78, 5) is 4.05. The topological polar surface area (TPSA) is 56.2 Å². The maximum Gasteiger partial charge on any atom is 0.179 e. The highest BCUT2D eigenvalue weighted by Gasteiger charge is 2.05. The fraction of sp³-hybridized carbons (Fsp3) is 0. The Labute approximate surface area is 71.2 Å². The van der Waals surface area contributed by atoms with Crippen molar-refractivity contribution in [1.82, 2.24) is 14.6 Å². The quantitative estimate of drug-likeness (QED) is 0.712. The molecule has 5 heteroatoms. The molecule has 0 aromatic carbocycles. The molecule has 0 aliphatic carbocycles. The number of nitrogens with zero attached hydrogens (tertiary/aromatic N) is 3. The Morgan fingerprint density at radius 2 is 2.36 bits per heavy atom. The van der Waals surface area contributed by atoms with Gasteiger partial charge in [0.15, 0.2) is 10.3 Å². The summed E-state index contributed by atoms with van der Waals surface area (Å²) in [6.07, 6.45) is 3.48. The highest BCUT2D eigenvalue weighted by molar-refractivity contribution is 9.10. The van der Waals surface area contributed by atoms with Crippen LogP contribution in [0.3, 0.4) is 0 Å². The molecule has 0 spiro atoms. The van der Waals surface area contributed by atoms with E-state index in [1.54, 1.807) is 23.0 Å². The molecule has 0 unspecified atom stereocenters. The van der Waals surface area contributed by atoms with Gasteiger partial charge in [0.2, 0.25) is 0 Å². The normalized spacial score (nSPS) is 10.6. The molecule has 0 aliphatic rings. The van der Waals surface area contributed by atoms with Gasteiger partial charge >= 0.3 is 0 Å². The highest BCUT2D eigenvalue weighted by atomic mass is 79.9. The molecule has 2 heterocycles. The van der Waals surface area contributed by atoms with Crippen molar-refractivity contribution in [2.75, 3.05) is 5.73 Å². The Bertz CT molecular complexity index is 394. The number of hydrogen-bond acceptors (Lipinski definition) is 3. The molecule has 56 valence electrons. The molecular formula is C6H5BrN4. The molecule has 0 aliphatic heterocycles. The van der Waals surface area contributed by atoms with Gasteiger partial charge in [-0.15, -0.1) is 0 Å². The molecule has 2 aromatic heterocycles. The van der Waals surface area contributed by atoms with Crippen molar-refractivity contribution in [2.45, 2.75) is 0 Å². The fourth-order valence-electron chi connectivity index (χ4n) is 0.878.